The van der Waals surface area contributed by atoms with Crippen LogP contribution in [0, 0.1) is 0 Å². The van der Waals surface area contributed by atoms with Gasteiger partial charge < -0.3 is 4.98 Å². The lowest BCUT2D eigenvalue weighted by Crippen LogP contribution is -2.41. The maximum atomic E-state index is 3.44. The molecule has 1 N–H and O–H groups in total. The van der Waals surface area contributed by atoms with Crippen molar-refractivity contribution in [3.8, 4) is 0 Å². The first-order valence-corrected chi connectivity index (χ1v) is 7.52. The SMILES string of the molecule is CCCCC[Si](C)(C)NC. The minimum absolute atomic E-state index is 0.965. The van der Waals surface area contributed by atoms with E-state index in [4.69, 9.17) is 0 Å². The van der Waals surface area contributed by atoms with Gasteiger partial charge in [0.05, 0.1) is 0 Å². The fourth-order valence-corrected chi connectivity index (χ4v) is 2.33. The molecule has 62 valence electrons. The van der Waals surface area contributed by atoms with Crippen molar-refractivity contribution in [3.05, 3.63) is 0 Å². The molecule has 2 heteroatoms. The summed E-state index contributed by atoms with van der Waals surface area (Å²) < 4.78 is 0. The topological polar surface area (TPSA) is 12.0 Å². The zero-order chi connectivity index (χ0) is 8.04. The standard InChI is InChI=1S/C8H21NSi/c1-5-6-7-8-10(3,4)9-2/h9H,5-8H2,1-4H3. The molecule has 0 aromatic rings. The number of unbranched alkanes of at least 4 members (excludes halogenated alkanes) is 2. The summed E-state index contributed by atoms with van der Waals surface area (Å²) in [6.07, 6.45) is 4.16. The molecule has 0 radical (unpaired) electrons. The van der Waals surface area contributed by atoms with E-state index in [0.29, 0.717) is 0 Å². The first kappa shape index (κ1) is 10.2. The Kier molecular flexibility index (Phi) is 5.00. The van der Waals surface area contributed by atoms with E-state index in [0.717, 1.165) is 0 Å². The van der Waals surface area contributed by atoms with E-state index in [1.165, 1.54) is 25.3 Å². The van der Waals surface area contributed by atoms with Crippen molar-refractivity contribution in [2.75, 3.05) is 7.05 Å². The summed E-state index contributed by atoms with van der Waals surface area (Å²) in [5.41, 5.74) is 0. The zero-order valence-electron chi connectivity index (χ0n) is 7.83. The molecular formula is C8H21NSi. The second-order valence-electron chi connectivity index (χ2n) is 3.59. The first-order valence-electron chi connectivity index (χ1n) is 4.31. The van der Waals surface area contributed by atoms with Gasteiger partial charge in [-0.05, 0) is 13.1 Å². The van der Waals surface area contributed by atoms with Crippen LogP contribution in [0.3, 0.4) is 0 Å². The normalized spacial score (nSPS) is 12.0. The highest BCUT2D eigenvalue weighted by atomic mass is 28.3. The predicted molar refractivity (Wildman–Crippen MR) is 50.9 cm³/mol. The minimum Gasteiger partial charge on any atom is -0.340 e. The third kappa shape index (κ3) is 5.00. The summed E-state index contributed by atoms with van der Waals surface area (Å²) in [6, 6.07) is 1.43. The molecule has 0 fully saturated rings. The highest BCUT2D eigenvalue weighted by molar-refractivity contribution is 6.74. The molecule has 0 saturated carbocycles. The van der Waals surface area contributed by atoms with E-state index in [2.05, 4.69) is 32.0 Å². The van der Waals surface area contributed by atoms with Crippen molar-refractivity contribution in [3.63, 3.8) is 0 Å². The van der Waals surface area contributed by atoms with E-state index >= 15 is 0 Å². The quantitative estimate of drug-likeness (QED) is 0.480. The molecule has 10 heavy (non-hydrogen) atoms. The monoisotopic (exact) mass is 159 g/mol. The fraction of sp³-hybridized carbons (Fsp3) is 1.00. The molecule has 0 aromatic heterocycles. The Morgan fingerprint density at radius 3 is 2.20 bits per heavy atom. The Hall–Kier alpha value is 0.177. The molecule has 0 aliphatic carbocycles. The Morgan fingerprint density at radius 1 is 1.20 bits per heavy atom. The average molecular weight is 159 g/mol. The van der Waals surface area contributed by atoms with Crippen LogP contribution in [0.25, 0.3) is 0 Å². The van der Waals surface area contributed by atoms with Crippen molar-refractivity contribution in [2.24, 2.45) is 0 Å². The van der Waals surface area contributed by atoms with Crippen LogP contribution in [-0.2, 0) is 0 Å². The average Bonchev–Trinajstić information content (AvgIpc) is 1.89. The van der Waals surface area contributed by atoms with E-state index in [1.807, 2.05) is 0 Å². The van der Waals surface area contributed by atoms with Crippen LogP contribution in [-0.4, -0.2) is 15.3 Å². The Bertz CT molecular complexity index is 81.3. The second kappa shape index (κ2) is 4.91. The summed E-state index contributed by atoms with van der Waals surface area (Å²) in [4.78, 5) is 3.44. The molecular weight excluding hydrogens is 138 g/mol. The highest BCUT2D eigenvalue weighted by Gasteiger charge is 2.16. The summed E-state index contributed by atoms with van der Waals surface area (Å²) in [5, 5.41) is 0. The first-order chi connectivity index (χ1) is 4.62. The number of rotatable bonds is 5. The Morgan fingerprint density at radius 2 is 1.80 bits per heavy atom. The van der Waals surface area contributed by atoms with Gasteiger partial charge in [0.15, 0.2) is 0 Å². The highest BCUT2D eigenvalue weighted by Crippen LogP contribution is 2.10. The lowest BCUT2D eigenvalue weighted by atomic mass is 10.3. The van der Waals surface area contributed by atoms with Crippen molar-refractivity contribution in [1.29, 1.82) is 0 Å². The Labute approximate surface area is 66.3 Å². The minimum atomic E-state index is -0.965. The molecule has 0 spiro atoms. The molecule has 0 aromatic carbocycles. The van der Waals surface area contributed by atoms with Gasteiger partial charge >= 0.3 is 0 Å². The molecule has 0 rings (SSSR count). The van der Waals surface area contributed by atoms with Gasteiger partial charge in [0.2, 0.25) is 0 Å². The van der Waals surface area contributed by atoms with E-state index < -0.39 is 8.24 Å². The number of nitrogens with one attached hydrogen (secondary N) is 1. The lowest BCUT2D eigenvalue weighted by molar-refractivity contribution is 0.757. The third-order valence-corrected chi connectivity index (χ3v) is 5.04. The molecule has 0 heterocycles. The molecule has 0 saturated heterocycles. The fourth-order valence-electron chi connectivity index (χ4n) is 0.942. The number of hydrogen-bond acceptors (Lipinski definition) is 1. The van der Waals surface area contributed by atoms with Gasteiger partial charge in [-0.3, -0.25) is 0 Å². The van der Waals surface area contributed by atoms with Gasteiger partial charge in [0.1, 0.15) is 8.24 Å². The van der Waals surface area contributed by atoms with Crippen LogP contribution < -0.4 is 4.98 Å². The largest absolute Gasteiger partial charge is 0.340 e. The summed E-state index contributed by atoms with van der Waals surface area (Å²) in [6.45, 7) is 7.04. The number of hydrogen-bond donors (Lipinski definition) is 1. The van der Waals surface area contributed by atoms with Crippen molar-refractivity contribution >= 4 is 8.24 Å². The van der Waals surface area contributed by atoms with Crippen LogP contribution in [0.5, 0.6) is 0 Å². The van der Waals surface area contributed by atoms with Gasteiger partial charge in [-0.2, -0.15) is 0 Å². The molecule has 0 unspecified atom stereocenters. The molecule has 0 atom stereocenters. The summed E-state index contributed by atoms with van der Waals surface area (Å²) >= 11 is 0. The van der Waals surface area contributed by atoms with Crippen molar-refractivity contribution < 1.29 is 0 Å². The van der Waals surface area contributed by atoms with Gasteiger partial charge in [-0.1, -0.05) is 39.3 Å². The van der Waals surface area contributed by atoms with Crippen LogP contribution in [0.2, 0.25) is 19.1 Å². The van der Waals surface area contributed by atoms with E-state index in [9.17, 15) is 0 Å². The van der Waals surface area contributed by atoms with E-state index in [1.54, 1.807) is 0 Å². The maximum Gasteiger partial charge on any atom is 0.119 e. The van der Waals surface area contributed by atoms with Crippen LogP contribution in [0.15, 0.2) is 0 Å². The van der Waals surface area contributed by atoms with Gasteiger partial charge in [0, 0.05) is 0 Å². The maximum absolute atomic E-state index is 3.44. The molecule has 0 bridgehead atoms. The van der Waals surface area contributed by atoms with Crippen LogP contribution in [0.1, 0.15) is 26.2 Å². The zero-order valence-corrected chi connectivity index (χ0v) is 8.83. The lowest BCUT2D eigenvalue weighted by Gasteiger charge is -2.20. The van der Waals surface area contributed by atoms with Crippen LogP contribution in [0.4, 0.5) is 0 Å². The Balaban J connectivity index is 3.28. The van der Waals surface area contributed by atoms with Crippen LogP contribution >= 0.6 is 0 Å². The van der Waals surface area contributed by atoms with Crippen molar-refractivity contribution in [1.82, 2.24) is 4.98 Å². The molecule has 0 aliphatic rings. The molecule has 0 amide bonds. The van der Waals surface area contributed by atoms with Crippen molar-refractivity contribution in [2.45, 2.75) is 45.3 Å². The summed E-state index contributed by atoms with van der Waals surface area (Å²) in [7, 11) is 1.13. The smallest absolute Gasteiger partial charge is 0.119 e. The van der Waals surface area contributed by atoms with Gasteiger partial charge in [0.25, 0.3) is 0 Å². The van der Waals surface area contributed by atoms with Gasteiger partial charge in [-0.15, -0.1) is 0 Å². The predicted octanol–water partition coefficient (Wildman–Crippen LogP) is 2.60. The molecule has 1 nitrogen and oxygen atoms in total. The third-order valence-electron chi connectivity index (χ3n) is 2.08. The van der Waals surface area contributed by atoms with E-state index in [-0.39, 0.29) is 0 Å². The second-order valence-corrected chi connectivity index (χ2v) is 8.36. The molecule has 0 aliphatic heterocycles. The van der Waals surface area contributed by atoms with Gasteiger partial charge in [-0.25, -0.2) is 0 Å². The summed E-state index contributed by atoms with van der Waals surface area (Å²) in [5.74, 6) is 0.